The van der Waals surface area contributed by atoms with Gasteiger partial charge in [0.05, 0.1) is 19.8 Å². The molecule has 4 heterocycles. The number of nitrogens with one attached hydrogen (secondary N) is 1. The summed E-state index contributed by atoms with van der Waals surface area (Å²) in [6.07, 6.45) is 2.85. The van der Waals surface area contributed by atoms with Gasteiger partial charge in [0.25, 0.3) is 5.91 Å². The van der Waals surface area contributed by atoms with Crippen LogP contribution in [0.1, 0.15) is 5.69 Å². The number of allylic oxidation sites excluding steroid dienone is 2. The van der Waals surface area contributed by atoms with Crippen molar-refractivity contribution in [1.29, 1.82) is 0 Å². The van der Waals surface area contributed by atoms with Crippen molar-refractivity contribution in [3.63, 3.8) is 0 Å². The standard InChI is InChI=1S/C19H21N5O7S3.C2H4.Na/c1-12-10-15(21-20-12)24-17(26)13(22(19(24)32)5-7-30-8-6-25)2-3-16-23(11-34(27,28)29)18-14(31-16)4-9-33-18;1-2;/h2-4,9-10,25H,5-8,11H2,1H3,(H,20,21)(H,27,28,29);1-2H2;/q;;+1/p-1/b13-2-,16-3+;;. The van der Waals surface area contributed by atoms with Gasteiger partial charge in [0.1, 0.15) is 26.7 Å². The number of ether oxygens (including phenoxy) is 2. The maximum atomic E-state index is 13.3. The molecule has 0 aliphatic carbocycles. The van der Waals surface area contributed by atoms with Crippen LogP contribution < -0.4 is 44.1 Å². The number of aryl methyl sites for hydroxylation is 1. The van der Waals surface area contributed by atoms with Crippen LogP contribution in [0.15, 0.2) is 54.4 Å². The Morgan fingerprint density at radius 1 is 1.32 bits per heavy atom. The number of anilines is 2. The molecule has 1 fully saturated rings. The van der Waals surface area contributed by atoms with Crippen LogP contribution in [0.2, 0.25) is 0 Å². The molecule has 0 saturated carbocycles. The Hall–Kier alpha value is -2.08. The summed E-state index contributed by atoms with van der Waals surface area (Å²) in [5.41, 5.74) is 0.914. The molecule has 4 rings (SSSR count). The number of hydrogen-bond acceptors (Lipinski definition) is 11. The zero-order valence-corrected chi connectivity index (χ0v) is 24.7. The van der Waals surface area contributed by atoms with Gasteiger partial charge in [-0.3, -0.25) is 14.8 Å². The number of rotatable bonds is 9. The van der Waals surface area contributed by atoms with Crippen LogP contribution in [0.4, 0.5) is 10.8 Å². The second-order valence-electron chi connectivity index (χ2n) is 7.18. The molecule has 2 aromatic heterocycles. The molecule has 2 aliphatic rings. The SMILES string of the molecule is C=C.Cc1cc(N2C(=O)/C(=C/C=C3/Oc4ccsc4N3CS(=O)(=O)[O-])N(CCOCCO)C2=S)n[nH]1.[Na+]. The Balaban J connectivity index is 0.00000157. The zero-order chi connectivity index (χ0) is 26.5. The molecule has 37 heavy (non-hydrogen) atoms. The van der Waals surface area contributed by atoms with Crippen LogP contribution in [0, 0.1) is 6.92 Å². The van der Waals surface area contributed by atoms with E-state index in [-0.39, 0.29) is 72.6 Å². The fourth-order valence-corrected chi connectivity index (χ4v) is 5.20. The number of thiocarbonyl (C=S) groups is 1. The summed E-state index contributed by atoms with van der Waals surface area (Å²) in [6, 6.07) is 3.33. The third kappa shape index (κ3) is 7.28. The first-order chi connectivity index (χ1) is 17.2. The van der Waals surface area contributed by atoms with E-state index in [0.717, 1.165) is 5.69 Å². The summed E-state index contributed by atoms with van der Waals surface area (Å²) < 4.78 is 45.3. The van der Waals surface area contributed by atoms with Crippen molar-refractivity contribution >= 4 is 55.5 Å². The average Bonchev–Trinajstić information content (AvgIpc) is 3.57. The molecule has 0 aromatic carbocycles. The number of aliphatic hydroxyl groups is 1. The Labute approximate surface area is 245 Å². The van der Waals surface area contributed by atoms with Gasteiger partial charge < -0.3 is 24.0 Å². The third-order valence-electron chi connectivity index (χ3n) is 4.76. The van der Waals surface area contributed by atoms with Gasteiger partial charge in [-0.25, -0.2) is 13.3 Å². The molecule has 0 radical (unpaired) electrons. The van der Waals surface area contributed by atoms with Crippen LogP contribution in [-0.4, -0.2) is 76.4 Å². The molecule has 1 amide bonds. The Morgan fingerprint density at radius 2 is 2.05 bits per heavy atom. The van der Waals surface area contributed by atoms with Crippen molar-refractivity contribution in [2.45, 2.75) is 6.92 Å². The number of H-pyrrole nitrogens is 1. The zero-order valence-electron chi connectivity index (χ0n) is 20.2. The molecule has 0 bridgehead atoms. The van der Waals surface area contributed by atoms with E-state index in [0.29, 0.717) is 16.6 Å². The molecule has 0 unspecified atom stereocenters. The summed E-state index contributed by atoms with van der Waals surface area (Å²) in [5.74, 6) is -0.457. The fraction of sp³-hybridized carbons (Fsp3) is 0.286. The first kappa shape index (κ1) is 31.1. The van der Waals surface area contributed by atoms with E-state index >= 15 is 0 Å². The van der Waals surface area contributed by atoms with Gasteiger partial charge in [0, 0.05) is 24.4 Å². The summed E-state index contributed by atoms with van der Waals surface area (Å²) in [6.45, 7) is 8.18. The summed E-state index contributed by atoms with van der Waals surface area (Å²) in [4.78, 5) is 17.3. The number of thiophene rings is 1. The summed E-state index contributed by atoms with van der Waals surface area (Å²) in [7, 11) is -4.60. The number of aromatic nitrogens is 2. The Bertz CT molecular complexity index is 1290. The van der Waals surface area contributed by atoms with E-state index in [4.69, 9.17) is 26.8 Å². The number of carbonyl (C=O) groups excluding carboxylic acids is 1. The number of hydrogen-bond donors (Lipinski definition) is 2. The Morgan fingerprint density at radius 3 is 2.68 bits per heavy atom. The van der Waals surface area contributed by atoms with Gasteiger partial charge in [-0.1, -0.05) is 0 Å². The quantitative estimate of drug-likeness (QED) is 0.0910. The van der Waals surface area contributed by atoms with E-state index in [2.05, 4.69) is 23.4 Å². The van der Waals surface area contributed by atoms with Crippen molar-refractivity contribution in [2.75, 3.05) is 42.0 Å². The number of nitrogens with zero attached hydrogens (tertiary/aromatic N) is 4. The number of carbonyl (C=O) groups is 1. The second kappa shape index (κ2) is 13.6. The topological polar surface area (TPSA) is 151 Å². The third-order valence-corrected chi connectivity index (χ3v) is 6.65. The molecular weight excluding hydrogens is 553 g/mol. The van der Waals surface area contributed by atoms with Crippen LogP contribution >= 0.6 is 23.6 Å². The second-order valence-corrected chi connectivity index (χ2v) is 9.82. The molecule has 0 spiro atoms. The van der Waals surface area contributed by atoms with E-state index in [1.54, 1.807) is 29.3 Å². The summed E-state index contributed by atoms with van der Waals surface area (Å²) >= 11 is 6.74. The molecule has 2 aromatic rings. The van der Waals surface area contributed by atoms with Gasteiger partial charge in [0.15, 0.2) is 16.7 Å². The molecule has 194 valence electrons. The maximum Gasteiger partial charge on any atom is 1.00 e. The van der Waals surface area contributed by atoms with Gasteiger partial charge in [-0.15, -0.1) is 24.5 Å². The molecule has 12 nitrogen and oxygen atoms in total. The minimum Gasteiger partial charge on any atom is -0.747 e. The molecule has 2 N–H and O–H groups in total. The Kier molecular flexibility index (Phi) is 11.5. The van der Waals surface area contributed by atoms with Crippen LogP contribution in [-0.2, 0) is 19.6 Å². The molecule has 0 atom stereocenters. The smallest absolute Gasteiger partial charge is 0.747 e. The van der Waals surface area contributed by atoms with Gasteiger partial charge in [-0.2, -0.15) is 5.10 Å². The van der Waals surface area contributed by atoms with E-state index in [1.807, 2.05) is 0 Å². The predicted octanol–water partition coefficient (Wildman–Crippen LogP) is -1.34. The van der Waals surface area contributed by atoms with Crippen molar-refractivity contribution in [1.82, 2.24) is 15.1 Å². The first-order valence-corrected chi connectivity index (χ1v) is 13.3. The van der Waals surface area contributed by atoms with Crippen LogP contribution in [0.25, 0.3) is 0 Å². The number of aliphatic hydroxyl groups excluding tert-OH is 1. The number of amides is 1. The largest absolute Gasteiger partial charge is 1.00 e. The van der Waals surface area contributed by atoms with Crippen molar-refractivity contribution in [3.8, 4) is 5.75 Å². The first-order valence-electron chi connectivity index (χ1n) is 10.4. The van der Waals surface area contributed by atoms with Gasteiger partial charge in [-0.05, 0) is 36.7 Å². The van der Waals surface area contributed by atoms with Crippen LogP contribution in [0.5, 0.6) is 5.75 Å². The fourth-order valence-electron chi connectivity index (χ4n) is 3.35. The monoisotopic (exact) mass is 577 g/mol. The predicted molar refractivity (Wildman–Crippen MR) is 137 cm³/mol. The van der Waals surface area contributed by atoms with Crippen molar-refractivity contribution in [3.05, 3.63) is 60.1 Å². The number of fused-ring (bicyclic) bond motifs is 1. The normalized spacial score (nSPS) is 17.1. The van der Waals surface area contributed by atoms with Gasteiger partial charge >= 0.3 is 29.6 Å². The molecule has 2 aliphatic heterocycles. The molecular formula is C21H24N5NaO7S3. The number of aromatic amines is 1. The molecule has 16 heteroatoms. The maximum absolute atomic E-state index is 13.3. The average molecular weight is 578 g/mol. The van der Waals surface area contributed by atoms with Gasteiger partial charge in [0.2, 0.25) is 5.88 Å². The minimum atomic E-state index is -4.60. The van der Waals surface area contributed by atoms with Crippen molar-refractivity contribution < 1.29 is 61.9 Å². The molecule has 1 saturated heterocycles. The van der Waals surface area contributed by atoms with Crippen molar-refractivity contribution in [2.24, 2.45) is 0 Å². The van der Waals surface area contributed by atoms with E-state index < -0.39 is 21.9 Å². The van der Waals surface area contributed by atoms with Crippen LogP contribution in [0.3, 0.4) is 0 Å². The minimum absolute atomic E-state index is 0. The van der Waals surface area contributed by atoms with E-state index in [1.165, 1.54) is 33.3 Å². The summed E-state index contributed by atoms with van der Waals surface area (Å²) in [5, 5.41) is 18.2. The van der Waals surface area contributed by atoms with E-state index in [9.17, 15) is 17.8 Å².